The first kappa shape index (κ1) is 8.25. The Bertz CT molecular complexity index is 339. The van der Waals surface area contributed by atoms with Gasteiger partial charge in [-0.15, -0.1) is 0 Å². The predicted molar refractivity (Wildman–Crippen MR) is 49.9 cm³/mol. The average Bonchev–Trinajstić information content (AvgIpc) is 2.94. The number of hydrogen-bond donors (Lipinski definition) is 0. The van der Waals surface area contributed by atoms with Crippen LogP contribution in [0.2, 0.25) is 0 Å². The van der Waals surface area contributed by atoms with Gasteiger partial charge in [-0.25, -0.2) is 0 Å². The second kappa shape index (κ2) is 2.85. The summed E-state index contributed by atoms with van der Waals surface area (Å²) < 4.78 is 0. The summed E-state index contributed by atoms with van der Waals surface area (Å²) >= 11 is 0. The second-order valence-electron chi connectivity index (χ2n) is 3.61. The summed E-state index contributed by atoms with van der Waals surface area (Å²) in [7, 11) is 0. The Hall–Kier alpha value is -1.36. The minimum atomic E-state index is -0.254. The monoisotopic (exact) mass is 172 g/mol. The van der Waals surface area contributed by atoms with Gasteiger partial charge in [-0.1, -0.05) is 19.4 Å². The first-order valence-electron chi connectivity index (χ1n) is 4.66. The summed E-state index contributed by atoms with van der Waals surface area (Å²) in [6, 6.07) is 8.20. The zero-order valence-corrected chi connectivity index (χ0v) is 7.70. The minimum absolute atomic E-state index is 0.254. The third-order valence-electron chi connectivity index (χ3n) is 2.92. The van der Waals surface area contributed by atoms with Crippen molar-refractivity contribution >= 4 is 0 Å². The van der Waals surface area contributed by atoms with Crippen LogP contribution in [-0.2, 0) is 5.41 Å². The van der Waals surface area contributed by atoms with Crippen molar-refractivity contribution in [3.63, 3.8) is 0 Å². The average molecular weight is 172 g/mol. The van der Waals surface area contributed by atoms with Gasteiger partial charge in [0.2, 0.25) is 0 Å². The molecule has 2 atom stereocenters. The maximum atomic E-state index is 9.12. The van der Waals surface area contributed by atoms with Crippen LogP contribution in [0.3, 0.4) is 0 Å². The van der Waals surface area contributed by atoms with Crippen LogP contribution < -0.4 is 0 Å². The first-order valence-corrected chi connectivity index (χ1v) is 4.66. The van der Waals surface area contributed by atoms with Crippen LogP contribution in [0.4, 0.5) is 0 Å². The molecule has 1 aliphatic rings. The van der Waals surface area contributed by atoms with Crippen LogP contribution in [0, 0.1) is 17.2 Å². The lowest BCUT2D eigenvalue weighted by molar-refractivity contribution is 0.685. The van der Waals surface area contributed by atoms with Crippen molar-refractivity contribution in [2.75, 3.05) is 0 Å². The predicted octanol–water partition coefficient (Wildman–Crippen LogP) is 2.27. The van der Waals surface area contributed by atoms with Gasteiger partial charge < -0.3 is 0 Å². The molecule has 0 aliphatic heterocycles. The topological polar surface area (TPSA) is 36.7 Å². The summed E-state index contributed by atoms with van der Waals surface area (Å²) in [5.74, 6) is 0.521. The second-order valence-corrected chi connectivity index (χ2v) is 3.61. The van der Waals surface area contributed by atoms with E-state index in [0.717, 1.165) is 18.5 Å². The number of pyridine rings is 1. The lowest BCUT2D eigenvalue weighted by Gasteiger charge is -2.05. The highest BCUT2D eigenvalue weighted by Gasteiger charge is 2.55. The van der Waals surface area contributed by atoms with Crippen molar-refractivity contribution in [2.45, 2.75) is 25.2 Å². The molecule has 0 bridgehead atoms. The lowest BCUT2D eigenvalue weighted by Crippen LogP contribution is -2.08. The van der Waals surface area contributed by atoms with E-state index in [0.29, 0.717) is 5.92 Å². The zero-order valence-electron chi connectivity index (χ0n) is 7.70. The van der Waals surface area contributed by atoms with Crippen LogP contribution in [0.1, 0.15) is 25.5 Å². The molecule has 1 heterocycles. The Morgan fingerprint density at radius 2 is 2.54 bits per heavy atom. The zero-order chi connectivity index (χ0) is 9.31. The highest BCUT2D eigenvalue weighted by molar-refractivity contribution is 5.36. The van der Waals surface area contributed by atoms with Gasteiger partial charge in [0.1, 0.15) is 5.41 Å². The molecule has 13 heavy (non-hydrogen) atoms. The molecule has 1 aliphatic carbocycles. The third kappa shape index (κ3) is 1.12. The Morgan fingerprint density at radius 3 is 3.00 bits per heavy atom. The van der Waals surface area contributed by atoms with E-state index in [-0.39, 0.29) is 5.41 Å². The van der Waals surface area contributed by atoms with E-state index in [2.05, 4.69) is 18.0 Å². The Labute approximate surface area is 78.2 Å². The molecular weight excluding hydrogens is 160 g/mol. The van der Waals surface area contributed by atoms with Crippen LogP contribution in [0.25, 0.3) is 0 Å². The quantitative estimate of drug-likeness (QED) is 0.686. The molecule has 1 aromatic rings. The van der Waals surface area contributed by atoms with E-state index in [1.54, 1.807) is 6.20 Å². The van der Waals surface area contributed by atoms with Gasteiger partial charge >= 0.3 is 0 Å². The fourth-order valence-corrected chi connectivity index (χ4v) is 1.96. The van der Waals surface area contributed by atoms with Crippen molar-refractivity contribution in [1.82, 2.24) is 4.98 Å². The van der Waals surface area contributed by atoms with Gasteiger partial charge in [-0.3, -0.25) is 4.98 Å². The molecule has 0 aromatic carbocycles. The molecule has 66 valence electrons. The van der Waals surface area contributed by atoms with Crippen LogP contribution in [0.5, 0.6) is 0 Å². The molecule has 0 N–H and O–H groups in total. The number of nitriles is 1. The maximum absolute atomic E-state index is 9.12. The molecule has 2 unspecified atom stereocenters. The van der Waals surface area contributed by atoms with Crippen LogP contribution in [-0.4, -0.2) is 4.98 Å². The Kier molecular flexibility index (Phi) is 1.81. The fourth-order valence-electron chi connectivity index (χ4n) is 1.96. The van der Waals surface area contributed by atoms with E-state index in [9.17, 15) is 0 Å². The van der Waals surface area contributed by atoms with Crippen molar-refractivity contribution in [2.24, 2.45) is 5.92 Å². The SMILES string of the molecule is CCC1CC1(C#N)c1ccccn1. The molecule has 2 nitrogen and oxygen atoms in total. The van der Waals surface area contributed by atoms with E-state index < -0.39 is 0 Å². The standard InChI is InChI=1S/C11H12N2/c1-2-9-7-11(9,8-12)10-5-3-4-6-13-10/h3-6,9H,2,7H2,1H3. The van der Waals surface area contributed by atoms with Gasteiger partial charge in [0.05, 0.1) is 11.8 Å². The molecule has 0 spiro atoms. The summed E-state index contributed by atoms with van der Waals surface area (Å²) in [5.41, 5.74) is 0.695. The fraction of sp³-hybridized carbons (Fsp3) is 0.455. The molecule has 2 heteroatoms. The summed E-state index contributed by atoms with van der Waals surface area (Å²) in [4.78, 5) is 4.26. The number of rotatable bonds is 2. The van der Waals surface area contributed by atoms with Crippen molar-refractivity contribution < 1.29 is 0 Å². The molecule has 1 aromatic heterocycles. The van der Waals surface area contributed by atoms with Gasteiger partial charge in [-0.05, 0) is 24.5 Å². The summed E-state index contributed by atoms with van der Waals surface area (Å²) in [6.45, 7) is 2.13. The van der Waals surface area contributed by atoms with E-state index in [4.69, 9.17) is 5.26 Å². The van der Waals surface area contributed by atoms with E-state index in [1.807, 2.05) is 18.2 Å². The van der Waals surface area contributed by atoms with Crippen molar-refractivity contribution in [3.05, 3.63) is 30.1 Å². The summed E-state index contributed by atoms with van der Waals surface area (Å²) in [5, 5.41) is 9.12. The number of aromatic nitrogens is 1. The largest absolute Gasteiger partial charge is 0.260 e. The normalized spacial score (nSPS) is 30.9. The van der Waals surface area contributed by atoms with Gasteiger partial charge in [-0.2, -0.15) is 5.26 Å². The maximum Gasteiger partial charge on any atom is 0.102 e. The number of hydrogen-bond acceptors (Lipinski definition) is 2. The Balaban J connectivity index is 2.32. The molecule has 0 saturated heterocycles. The third-order valence-corrected chi connectivity index (χ3v) is 2.92. The molecule has 1 saturated carbocycles. The van der Waals surface area contributed by atoms with Crippen molar-refractivity contribution in [3.8, 4) is 6.07 Å². The highest BCUT2D eigenvalue weighted by Crippen LogP contribution is 2.54. The minimum Gasteiger partial charge on any atom is -0.260 e. The molecule has 1 fully saturated rings. The smallest absolute Gasteiger partial charge is 0.102 e. The van der Waals surface area contributed by atoms with Crippen molar-refractivity contribution in [1.29, 1.82) is 5.26 Å². The molecular formula is C11H12N2. The van der Waals surface area contributed by atoms with E-state index in [1.165, 1.54) is 0 Å². The lowest BCUT2D eigenvalue weighted by atomic mass is 9.99. The molecule has 2 rings (SSSR count). The molecule has 0 amide bonds. The van der Waals surface area contributed by atoms with Crippen LogP contribution in [0.15, 0.2) is 24.4 Å². The first-order chi connectivity index (χ1) is 6.33. The van der Waals surface area contributed by atoms with Gasteiger partial charge in [0.25, 0.3) is 0 Å². The van der Waals surface area contributed by atoms with Crippen LogP contribution >= 0.6 is 0 Å². The van der Waals surface area contributed by atoms with Gasteiger partial charge in [0.15, 0.2) is 0 Å². The van der Waals surface area contributed by atoms with Gasteiger partial charge in [0, 0.05) is 6.20 Å². The summed E-state index contributed by atoms with van der Waals surface area (Å²) in [6.07, 6.45) is 3.82. The highest BCUT2D eigenvalue weighted by atomic mass is 14.8. The number of nitrogens with zero attached hydrogens (tertiary/aromatic N) is 2. The Morgan fingerprint density at radius 1 is 1.69 bits per heavy atom. The molecule has 0 radical (unpaired) electrons. The van der Waals surface area contributed by atoms with E-state index >= 15 is 0 Å².